The summed E-state index contributed by atoms with van der Waals surface area (Å²) >= 11 is 7.26. The summed E-state index contributed by atoms with van der Waals surface area (Å²) in [5.41, 5.74) is 0. The van der Waals surface area contributed by atoms with Gasteiger partial charge in [-0.05, 0) is 6.92 Å². The van der Waals surface area contributed by atoms with Crippen molar-refractivity contribution >= 4 is 22.9 Å². The molecule has 0 aliphatic carbocycles. The maximum atomic E-state index is 5.79. The molecular weight excluding hydrogens is 170 g/mol. The zero-order valence-electron chi connectivity index (χ0n) is 5.80. The standard InChI is InChI=1S/C6H8ClNOS/c1-4(7)5-3-8-6(9-2)10-5/h3-4H,1-2H3. The Labute approximate surface area is 68.8 Å². The van der Waals surface area contributed by atoms with Crippen LogP contribution >= 0.6 is 22.9 Å². The molecular formula is C6H8ClNOS. The number of alkyl halides is 1. The van der Waals surface area contributed by atoms with Gasteiger partial charge < -0.3 is 4.74 Å². The van der Waals surface area contributed by atoms with Crippen LogP contribution in [-0.4, -0.2) is 12.1 Å². The molecule has 0 N–H and O–H groups in total. The van der Waals surface area contributed by atoms with Crippen molar-refractivity contribution in [3.8, 4) is 5.19 Å². The molecule has 1 unspecified atom stereocenters. The predicted molar refractivity (Wildman–Crippen MR) is 42.9 cm³/mol. The molecule has 0 aliphatic heterocycles. The van der Waals surface area contributed by atoms with Crippen LogP contribution in [0.3, 0.4) is 0 Å². The summed E-state index contributed by atoms with van der Waals surface area (Å²) in [6, 6.07) is 0. The van der Waals surface area contributed by atoms with E-state index in [-0.39, 0.29) is 5.38 Å². The van der Waals surface area contributed by atoms with Gasteiger partial charge in [-0.1, -0.05) is 11.3 Å². The van der Waals surface area contributed by atoms with Gasteiger partial charge in [-0.15, -0.1) is 11.6 Å². The zero-order valence-corrected chi connectivity index (χ0v) is 7.37. The molecule has 0 amide bonds. The van der Waals surface area contributed by atoms with Gasteiger partial charge in [0.2, 0.25) is 0 Å². The molecule has 0 saturated heterocycles. The summed E-state index contributed by atoms with van der Waals surface area (Å²) in [5, 5.41) is 0.698. The van der Waals surface area contributed by atoms with Crippen molar-refractivity contribution in [2.75, 3.05) is 7.11 Å². The van der Waals surface area contributed by atoms with Crippen LogP contribution in [0.2, 0.25) is 0 Å². The number of rotatable bonds is 2. The molecule has 1 atom stereocenters. The Balaban J connectivity index is 2.78. The molecule has 0 saturated carbocycles. The van der Waals surface area contributed by atoms with Gasteiger partial charge in [0.05, 0.1) is 12.5 Å². The Hall–Kier alpha value is -0.280. The van der Waals surface area contributed by atoms with Crippen LogP contribution in [0.25, 0.3) is 0 Å². The van der Waals surface area contributed by atoms with Gasteiger partial charge in [-0.2, -0.15) is 0 Å². The maximum absolute atomic E-state index is 5.79. The van der Waals surface area contributed by atoms with Gasteiger partial charge in [-0.3, -0.25) is 0 Å². The molecule has 1 aromatic rings. The molecule has 10 heavy (non-hydrogen) atoms. The lowest BCUT2D eigenvalue weighted by atomic mass is 10.4. The maximum Gasteiger partial charge on any atom is 0.273 e. The summed E-state index contributed by atoms with van der Waals surface area (Å²) in [7, 11) is 1.60. The minimum atomic E-state index is 0.0291. The second kappa shape index (κ2) is 3.21. The molecule has 0 aromatic carbocycles. The van der Waals surface area contributed by atoms with E-state index < -0.39 is 0 Å². The second-order valence-electron chi connectivity index (χ2n) is 1.85. The molecule has 4 heteroatoms. The lowest BCUT2D eigenvalue weighted by molar-refractivity contribution is 0.412. The van der Waals surface area contributed by atoms with Gasteiger partial charge in [0, 0.05) is 11.1 Å². The smallest absolute Gasteiger partial charge is 0.273 e. The first-order valence-electron chi connectivity index (χ1n) is 2.88. The molecule has 1 rings (SSSR count). The molecule has 56 valence electrons. The van der Waals surface area contributed by atoms with Crippen molar-refractivity contribution in [1.82, 2.24) is 4.98 Å². The number of thiazole rings is 1. The molecule has 0 radical (unpaired) electrons. The van der Waals surface area contributed by atoms with Gasteiger partial charge in [-0.25, -0.2) is 4.98 Å². The monoisotopic (exact) mass is 177 g/mol. The lowest BCUT2D eigenvalue weighted by Gasteiger charge is -1.92. The molecule has 0 spiro atoms. The number of hydrogen-bond acceptors (Lipinski definition) is 3. The first kappa shape index (κ1) is 7.82. The van der Waals surface area contributed by atoms with Gasteiger partial charge >= 0.3 is 0 Å². The van der Waals surface area contributed by atoms with Crippen molar-refractivity contribution in [3.63, 3.8) is 0 Å². The summed E-state index contributed by atoms with van der Waals surface area (Å²) in [4.78, 5) is 5.01. The van der Waals surface area contributed by atoms with Crippen molar-refractivity contribution in [1.29, 1.82) is 0 Å². The third-order valence-corrected chi connectivity index (χ3v) is 2.57. The van der Waals surface area contributed by atoms with E-state index in [4.69, 9.17) is 16.3 Å². The summed E-state index contributed by atoms with van der Waals surface area (Å²) in [6.07, 6.45) is 1.74. The summed E-state index contributed by atoms with van der Waals surface area (Å²) < 4.78 is 4.89. The summed E-state index contributed by atoms with van der Waals surface area (Å²) in [5.74, 6) is 0. The highest BCUT2D eigenvalue weighted by atomic mass is 35.5. The first-order valence-corrected chi connectivity index (χ1v) is 4.13. The van der Waals surface area contributed by atoms with Crippen LogP contribution in [0.1, 0.15) is 17.2 Å². The number of ether oxygens (including phenoxy) is 1. The molecule has 0 fully saturated rings. The van der Waals surface area contributed by atoms with E-state index >= 15 is 0 Å². The fraction of sp³-hybridized carbons (Fsp3) is 0.500. The third kappa shape index (κ3) is 1.61. The van der Waals surface area contributed by atoms with Gasteiger partial charge in [0.15, 0.2) is 0 Å². The molecule has 1 aromatic heterocycles. The van der Waals surface area contributed by atoms with Crippen LogP contribution in [0.15, 0.2) is 6.20 Å². The van der Waals surface area contributed by atoms with Gasteiger partial charge in [0.1, 0.15) is 0 Å². The van der Waals surface area contributed by atoms with Crippen LogP contribution < -0.4 is 4.74 Å². The highest BCUT2D eigenvalue weighted by Gasteiger charge is 2.05. The van der Waals surface area contributed by atoms with E-state index in [2.05, 4.69) is 4.98 Å². The highest BCUT2D eigenvalue weighted by Crippen LogP contribution is 2.28. The Kier molecular flexibility index (Phi) is 2.51. The van der Waals surface area contributed by atoms with E-state index in [0.29, 0.717) is 5.19 Å². The largest absolute Gasteiger partial charge is 0.473 e. The van der Waals surface area contributed by atoms with E-state index in [1.165, 1.54) is 11.3 Å². The van der Waals surface area contributed by atoms with Crippen LogP contribution in [-0.2, 0) is 0 Å². The fourth-order valence-corrected chi connectivity index (χ4v) is 1.40. The number of hydrogen-bond donors (Lipinski definition) is 0. The van der Waals surface area contributed by atoms with E-state index in [1.54, 1.807) is 13.3 Å². The molecule has 0 bridgehead atoms. The van der Waals surface area contributed by atoms with E-state index in [9.17, 15) is 0 Å². The lowest BCUT2D eigenvalue weighted by Crippen LogP contribution is -1.76. The molecule has 2 nitrogen and oxygen atoms in total. The average Bonchev–Trinajstić information content (AvgIpc) is 2.34. The van der Waals surface area contributed by atoms with Crippen molar-refractivity contribution in [2.24, 2.45) is 0 Å². The number of methoxy groups -OCH3 is 1. The SMILES string of the molecule is COc1ncc(C(C)Cl)s1. The topological polar surface area (TPSA) is 22.1 Å². The van der Waals surface area contributed by atoms with Gasteiger partial charge in [0.25, 0.3) is 5.19 Å². The Bertz CT molecular complexity index is 211. The fourth-order valence-electron chi connectivity index (χ4n) is 0.548. The predicted octanol–water partition coefficient (Wildman–Crippen LogP) is 2.45. The number of nitrogens with zero attached hydrogens (tertiary/aromatic N) is 1. The van der Waals surface area contributed by atoms with Crippen LogP contribution in [0.5, 0.6) is 5.19 Å². The number of halogens is 1. The minimum Gasteiger partial charge on any atom is -0.473 e. The van der Waals surface area contributed by atoms with Crippen molar-refractivity contribution in [2.45, 2.75) is 12.3 Å². The van der Waals surface area contributed by atoms with Crippen LogP contribution in [0, 0.1) is 0 Å². The number of aromatic nitrogens is 1. The van der Waals surface area contributed by atoms with Crippen LogP contribution in [0.4, 0.5) is 0 Å². The summed E-state index contributed by atoms with van der Waals surface area (Å²) in [6.45, 7) is 1.91. The Morgan fingerprint density at radius 1 is 1.80 bits per heavy atom. The third-order valence-electron chi connectivity index (χ3n) is 1.07. The van der Waals surface area contributed by atoms with Crippen molar-refractivity contribution < 1.29 is 4.74 Å². The van der Waals surface area contributed by atoms with Crippen molar-refractivity contribution in [3.05, 3.63) is 11.1 Å². The molecule has 1 heterocycles. The van der Waals surface area contributed by atoms with E-state index in [1.807, 2.05) is 6.92 Å². The second-order valence-corrected chi connectivity index (χ2v) is 3.53. The minimum absolute atomic E-state index is 0.0291. The van der Waals surface area contributed by atoms with E-state index in [0.717, 1.165) is 4.88 Å². The highest BCUT2D eigenvalue weighted by molar-refractivity contribution is 7.13. The Morgan fingerprint density at radius 2 is 2.50 bits per heavy atom. The first-order chi connectivity index (χ1) is 4.74. The zero-order chi connectivity index (χ0) is 7.56. The molecule has 0 aliphatic rings. The average molecular weight is 178 g/mol. The quantitative estimate of drug-likeness (QED) is 0.648. The Morgan fingerprint density at radius 3 is 2.80 bits per heavy atom. The normalized spacial score (nSPS) is 13.1.